The lowest BCUT2D eigenvalue weighted by Crippen LogP contribution is -2.11. The third kappa shape index (κ3) is 3.02. The number of benzene rings is 2. The second-order valence-electron chi connectivity index (χ2n) is 5.10. The van der Waals surface area contributed by atoms with Gasteiger partial charge in [0.1, 0.15) is 18.1 Å². The van der Waals surface area contributed by atoms with Crippen LogP contribution in [0.5, 0.6) is 5.75 Å². The van der Waals surface area contributed by atoms with Gasteiger partial charge in [-0.25, -0.2) is 13.6 Å². The number of hydrogen-bond acceptors (Lipinski definition) is 6. The molecule has 1 aromatic heterocycles. The molecule has 0 spiro atoms. The Bertz CT molecular complexity index is 961. The van der Waals surface area contributed by atoms with Gasteiger partial charge in [0.25, 0.3) is 0 Å². The van der Waals surface area contributed by atoms with Crippen LogP contribution in [0.2, 0.25) is 0 Å². The lowest BCUT2D eigenvalue weighted by atomic mass is 9.99. The quantitative estimate of drug-likeness (QED) is 0.662. The van der Waals surface area contributed by atoms with Gasteiger partial charge in [-0.15, -0.1) is 0 Å². The average Bonchev–Trinajstić information content (AvgIpc) is 2.99. The van der Waals surface area contributed by atoms with Gasteiger partial charge in [-0.2, -0.15) is 0 Å². The summed E-state index contributed by atoms with van der Waals surface area (Å²) in [7, 11) is -3.79. The number of rotatable bonds is 4. The van der Waals surface area contributed by atoms with Crippen LogP contribution in [0.15, 0.2) is 57.9 Å². The number of sulfonamides is 1. The third-order valence-corrected chi connectivity index (χ3v) is 4.45. The van der Waals surface area contributed by atoms with Crippen molar-refractivity contribution in [3.63, 3.8) is 0 Å². The number of aliphatic hydroxyl groups is 1. The van der Waals surface area contributed by atoms with E-state index in [9.17, 15) is 18.6 Å². The molecule has 0 aliphatic carbocycles. The molecule has 0 aliphatic rings. The summed E-state index contributed by atoms with van der Waals surface area (Å²) >= 11 is 0. The van der Waals surface area contributed by atoms with Crippen LogP contribution < -0.4 is 5.14 Å². The minimum Gasteiger partial charge on any atom is -0.508 e. The van der Waals surface area contributed by atoms with Crippen LogP contribution in [0, 0.1) is 0 Å². The summed E-state index contributed by atoms with van der Waals surface area (Å²) in [6.45, 7) is -0.364. The van der Waals surface area contributed by atoms with E-state index in [1.165, 1.54) is 24.3 Å². The van der Waals surface area contributed by atoms with Gasteiger partial charge in [0.05, 0.1) is 10.5 Å². The van der Waals surface area contributed by atoms with Crippen molar-refractivity contribution in [2.24, 2.45) is 5.14 Å². The maximum atomic E-state index is 11.4. The van der Waals surface area contributed by atoms with E-state index in [0.717, 1.165) is 0 Å². The monoisotopic (exact) mass is 346 g/mol. The molecule has 3 rings (SSSR count). The van der Waals surface area contributed by atoms with Crippen molar-refractivity contribution in [3.8, 4) is 28.1 Å². The number of aromatic hydroxyl groups is 1. The molecule has 7 nitrogen and oxygen atoms in total. The Hall–Kier alpha value is -2.68. The molecule has 4 N–H and O–H groups in total. The second kappa shape index (κ2) is 6.08. The maximum absolute atomic E-state index is 11.4. The molecule has 0 radical (unpaired) electrons. The highest BCUT2D eigenvalue weighted by Gasteiger charge is 2.19. The summed E-state index contributed by atoms with van der Waals surface area (Å²) in [4.78, 5) is -0.0144. The van der Waals surface area contributed by atoms with Gasteiger partial charge in [-0.3, -0.25) is 0 Å². The number of aromatic nitrogens is 1. The zero-order chi connectivity index (χ0) is 17.3. The Morgan fingerprint density at radius 1 is 1.00 bits per heavy atom. The van der Waals surface area contributed by atoms with Gasteiger partial charge in [-0.05, 0) is 42.0 Å². The SMILES string of the molecule is NS(=O)(=O)c1ccc(-c2c(-c3ccc(O)cc3)noc2CO)cc1. The Labute approximate surface area is 138 Å². The molecule has 0 bridgehead atoms. The van der Waals surface area contributed by atoms with E-state index < -0.39 is 10.0 Å². The normalized spacial score (nSPS) is 11.6. The fraction of sp³-hybridized carbons (Fsp3) is 0.0625. The molecular formula is C16H14N2O5S. The minimum absolute atomic E-state index is 0.0144. The first-order valence-corrected chi connectivity index (χ1v) is 8.47. The molecule has 0 saturated heterocycles. The predicted molar refractivity (Wildman–Crippen MR) is 86.3 cm³/mol. The smallest absolute Gasteiger partial charge is 0.238 e. The van der Waals surface area contributed by atoms with E-state index in [2.05, 4.69) is 5.16 Å². The van der Waals surface area contributed by atoms with E-state index in [1.807, 2.05) is 0 Å². The van der Waals surface area contributed by atoms with Gasteiger partial charge in [0.15, 0.2) is 5.76 Å². The molecule has 24 heavy (non-hydrogen) atoms. The van der Waals surface area contributed by atoms with Crippen molar-refractivity contribution in [2.75, 3.05) is 0 Å². The maximum Gasteiger partial charge on any atom is 0.238 e. The Kier molecular flexibility index (Phi) is 4.10. The van der Waals surface area contributed by atoms with Gasteiger partial charge in [-0.1, -0.05) is 17.3 Å². The highest BCUT2D eigenvalue weighted by atomic mass is 32.2. The van der Waals surface area contributed by atoms with E-state index in [1.54, 1.807) is 24.3 Å². The molecule has 0 atom stereocenters. The van der Waals surface area contributed by atoms with Crippen LogP contribution in [0.4, 0.5) is 0 Å². The largest absolute Gasteiger partial charge is 0.508 e. The van der Waals surface area contributed by atoms with E-state index >= 15 is 0 Å². The van der Waals surface area contributed by atoms with Crippen LogP contribution in [-0.4, -0.2) is 23.8 Å². The molecule has 0 aliphatic heterocycles. The number of phenolic OH excluding ortho intramolecular Hbond substituents is 1. The van der Waals surface area contributed by atoms with Gasteiger partial charge < -0.3 is 14.7 Å². The third-order valence-electron chi connectivity index (χ3n) is 3.52. The Morgan fingerprint density at radius 2 is 1.58 bits per heavy atom. The first-order chi connectivity index (χ1) is 11.4. The molecular weight excluding hydrogens is 332 g/mol. The number of nitrogens with zero attached hydrogens (tertiary/aromatic N) is 1. The lowest BCUT2D eigenvalue weighted by molar-refractivity contribution is 0.230. The number of hydrogen-bond donors (Lipinski definition) is 3. The molecule has 2 aromatic carbocycles. The molecule has 8 heteroatoms. The lowest BCUT2D eigenvalue weighted by Gasteiger charge is -2.05. The van der Waals surface area contributed by atoms with Crippen LogP contribution >= 0.6 is 0 Å². The Morgan fingerprint density at radius 3 is 2.12 bits per heavy atom. The van der Waals surface area contributed by atoms with Crippen LogP contribution in [0.3, 0.4) is 0 Å². The zero-order valence-electron chi connectivity index (χ0n) is 12.4. The minimum atomic E-state index is -3.79. The van der Waals surface area contributed by atoms with Crippen molar-refractivity contribution >= 4 is 10.0 Å². The van der Waals surface area contributed by atoms with Gasteiger partial charge in [0, 0.05) is 5.56 Å². The molecule has 0 fully saturated rings. The fourth-order valence-corrected chi connectivity index (χ4v) is 2.87. The first-order valence-electron chi connectivity index (χ1n) is 6.92. The second-order valence-corrected chi connectivity index (χ2v) is 6.67. The van der Waals surface area contributed by atoms with Crippen LogP contribution in [-0.2, 0) is 16.6 Å². The number of nitrogens with two attached hydrogens (primary N) is 1. The summed E-state index contributed by atoms with van der Waals surface area (Å²) in [6, 6.07) is 12.2. The summed E-state index contributed by atoms with van der Waals surface area (Å²) in [5.74, 6) is 0.366. The van der Waals surface area contributed by atoms with E-state index in [4.69, 9.17) is 9.66 Å². The topological polar surface area (TPSA) is 127 Å². The van der Waals surface area contributed by atoms with E-state index in [0.29, 0.717) is 22.4 Å². The molecule has 0 amide bonds. The number of aliphatic hydroxyl groups excluding tert-OH is 1. The summed E-state index contributed by atoms with van der Waals surface area (Å²) in [5, 5.41) is 27.9. The number of primary sulfonamides is 1. The van der Waals surface area contributed by atoms with Gasteiger partial charge in [0.2, 0.25) is 10.0 Å². The summed E-state index contributed by atoms with van der Waals surface area (Å²) < 4.78 is 27.9. The van der Waals surface area contributed by atoms with Gasteiger partial charge >= 0.3 is 0 Å². The first kappa shape index (κ1) is 16.2. The highest BCUT2D eigenvalue weighted by Crippen LogP contribution is 2.35. The predicted octanol–water partition coefficient (Wildman–Crippen LogP) is 1.85. The van der Waals surface area contributed by atoms with Crippen LogP contribution in [0.1, 0.15) is 5.76 Å². The van der Waals surface area contributed by atoms with E-state index in [-0.39, 0.29) is 23.0 Å². The van der Waals surface area contributed by atoms with Crippen molar-refractivity contribution in [1.29, 1.82) is 0 Å². The standard InChI is InChI=1S/C16H14N2O5S/c17-24(21,22)13-7-3-10(4-8-13)15-14(9-19)23-18-16(15)11-1-5-12(20)6-2-11/h1-8,19-20H,9H2,(H2,17,21,22). The molecule has 1 heterocycles. The summed E-state index contributed by atoms with van der Waals surface area (Å²) in [6.07, 6.45) is 0. The molecule has 0 unspecified atom stereocenters. The Balaban J connectivity index is 2.13. The van der Waals surface area contributed by atoms with Crippen molar-refractivity contribution in [2.45, 2.75) is 11.5 Å². The highest BCUT2D eigenvalue weighted by molar-refractivity contribution is 7.89. The zero-order valence-corrected chi connectivity index (χ0v) is 13.2. The van der Waals surface area contributed by atoms with Crippen LogP contribution in [0.25, 0.3) is 22.4 Å². The van der Waals surface area contributed by atoms with Crippen molar-refractivity contribution in [3.05, 3.63) is 54.3 Å². The molecule has 124 valence electrons. The fourth-order valence-electron chi connectivity index (χ4n) is 2.36. The molecule has 0 saturated carbocycles. The number of phenols is 1. The van der Waals surface area contributed by atoms with Crippen molar-refractivity contribution < 1.29 is 23.2 Å². The summed E-state index contributed by atoms with van der Waals surface area (Å²) in [5.41, 5.74) is 2.32. The molecule has 3 aromatic rings. The van der Waals surface area contributed by atoms with Crippen molar-refractivity contribution in [1.82, 2.24) is 5.16 Å². The average molecular weight is 346 g/mol.